The third-order valence-electron chi connectivity index (χ3n) is 1.33. The number of hydrogen-bond donors (Lipinski definition) is 0. The summed E-state index contributed by atoms with van der Waals surface area (Å²) in [6, 6.07) is 3.04. The average Bonchev–Trinajstić information content (AvgIpc) is 2.08. The number of nitro groups is 1. The van der Waals surface area contributed by atoms with Gasteiger partial charge in [-0.05, 0) is 12.1 Å². The topological polar surface area (TPSA) is 52.4 Å². The van der Waals surface area contributed by atoms with Crippen molar-refractivity contribution < 1.29 is 14.1 Å². The van der Waals surface area contributed by atoms with E-state index in [0.29, 0.717) is 0 Å². The van der Waals surface area contributed by atoms with Crippen molar-refractivity contribution in [1.29, 1.82) is 0 Å². The fraction of sp³-hybridized carbons (Fsp3) is 0. The third-order valence-corrected chi connectivity index (χ3v) is 1.33. The molecule has 0 radical (unpaired) electrons. The molecule has 0 spiro atoms. The van der Waals surface area contributed by atoms with E-state index in [1.807, 2.05) is 0 Å². The Morgan fingerprint density at radius 2 is 2.31 bits per heavy atom. The van der Waals surface area contributed by atoms with Crippen molar-refractivity contribution in [3.8, 4) is 5.75 Å². The zero-order chi connectivity index (χ0) is 9.84. The number of nitrogens with zero attached hydrogens (tertiary/aromatic N) is 1. The van der Waals surface area contributed by atoms with Crippen LogP contribution >= 0.6 is 0 Å². The highest BCUT2D eigenvalue weighted by Gasteiger charge is 2.15. The molecule has 0 unspecified atom stereocenters. The molecule has 0 N–H and O–H groups in total. The van der Waals surface area contributed by atoms with E-state index in [1.165, 1.54) is 6.07 Å². The quantitative estimate of drug-likeness (QED) is 0.410. The van der Waals surface area contributed by atoms with Crippen molar-refractivity contribution in [3.05, 3.63) is 47.0 Å². The summed E-state index contributed by atoms with van der Waals surface area (Å²) in [5, 5.41) is 10.4. The molecule has 0 aliphatic carbocycles. The Kier molecular flexibility index (Phi) is 2.59. The standard InChI is InChI=1S/C8H6FNO3/c1-2-13-8-4-3-6(9)5-7(8)10(11)12/h2-5H,1H2. The van der Waals surface area contributed by atoms with E-state index in [1.54, 1.807) is 0 Å². The monoisotopic (exact) mass is 183 g/mol. The van der Waals surface area contributed by atoms with Crippen LogP contribution in [-0.2, 0) is 0 Å². The number of rotatable bonds is 3. The lowest BCUT2D eigenvalue weighted by molar-refractivity contribution is -0.385. The molecular weight excluding hydrogens is 177 g/mol. The van der Waals surface area contributed by atoms with Crippen LogP contribution < -0.4 is 4.74 Å². The third kappa shape index (κ3) is 2.02. The Balaban J connectivity index is 3.17. The molecule has 1 rings (SSSR count). The Morgan fingerprint density at radius 1 is 1.62 bits per heavy atom. The summed E-state index contributed by atoms with van der Waals surface area (Å²) in [4.78, 5) is 9.65. The second-order valence-corrected chi connectivity index (χ2v) is 2.15. The van der Waals surface area contributed by atoms with Crippen molar-refractivity contribution in [2.75, 3.05) is 0 Å². The first kappa shape index (κ1) is 9.18. The second kappa shape index (κ2) is 3.66. The van der Waals surface area contributed by atoms with Gasteiger partial charge in [0.05, 0.1) is 17.3 Å². The van der Waals surface area contributed by atoms with Gasteiger partial charge in [-0.15, -0.1) is 0 Å². The summed E-state index contributed by atoms with van der Waals surface area (Å²) in [6.45, 7) is 3.24. The summed E-state index contributed by atoms with van der Waals surface area (Å²) in [5.74, 6) is -0.704. The zero-order valence-electron chi connectivity index (χ0n) is 6.57. The van der Waals surface area contributed by atoms with E-state index in [4.69, 9.17) is 4.74 Å². The van der Waals surface area contributed by atoms with Crippen LogP contribution in [0.5, 0.6) is 5.75 Å². The van der Waals surface area contributed by atoms with Gasteiger partial charge in [0.15, 0.2) is 0 Å². The largest absolute Gasteiger partial charge is 0.458 e. The molecule has 1 aromatic rings. The molecule has 5 heteroatoms. The maximum Gasteiger partial charge on any atom is 0.314 e. The molecule has 4 nitrogen and oxygen atoms in total. The minimum Gasteiger partial charge on any atom is -0.458 e. The van der Waals surface area contributed by atoms with Gasteiger partial charge >= 0.3 is 5.69 Å². The lowest BCUT2D eigenvalue weighted by Gasteiger charge is -2.00. The predicted molar refractivity (Wildman–Crippen MR) is 43.9 cm³/mol. The van der Waals surface area contributed by atoms with E-state index in [9.17, 15) is 14.5 Å². The predicted octanol–water partition coefficient (Wildman–Crippen LogP) is 2.26. The molecule has 0 aliphatic rings. The van der Waals surface area contributed by atoms with Crippen LogP contribution in [0.2, 0.25) is 0 Å². The summed E-state index contributed by atoms with van der Waals surface area (Å²) in [7, 11) is 0. The number of ether oxygens (including phenoxy) is 1. The van der Waals surface area contributed by atoms with Crippen LogP contribution in [0.15, 0.2) is 31.0 Å². The summed E-state index contributed by atoms with van der Waals surface area (Å²) >= 11 is 0. The maximum atomic E-state index is 12.6. The van der Waals surface area contributed by atoms with Gasteiger partial charge in [-0.3, -0.25) is 10.1 Å². The van der Waals surface area contributed by atoms with Crippen LogP contribution in [0.3, 0.4) is 0 Å². The van der Waals surface area contributed by atoms with Crippen LogP contribution in [0.4, 0.5) is 10.1 Å². The van der Waals surface area contributed by atoms with Crippen LogP contribution in [0.1, 0.15) is 0 Å². The Morgan fingerprint density at radius 3 is 2.85 bits per heavy atom. The van der Waals surface area contributed by atoms with Gasteiger partial charge < -0.3 is 4.74 Å². The maximum absolute atomic E-state index is 12.6. The molecule has 0 amide bonds. The van der Waals surface area contributed by atoms with Crippen molar-refractivity contribution in [2.45, 2.75) is 0 Å². The first-order chi connectivity index (χ1) is 6.15. The normalized spacial score (nSPS) is 9.31. The molecule has 0 aromatic heterocycles. The van der Waals surface area contributed by atoms with Gasteiger partial charge in [0.25, 0.3) is 0 Å². The van der Waals surface area contributed by atoms with E-state index >= 15 is 0 Å². The number of halogens is 1. The smallest absolute Gasteiger partial charge is 0.314 e. The molecule has 13 heavy (non-hydrogen) atoms. The van der Waals surface area contributed by atoms with Gasteiger partial charge in [0.2, 0.25) is 5.75 Å². The Hall–Kier alpha value is -1.91. The zero-order valence-corrected chi connectivity index (χ0v) is 6.57. The van der Waals surface area contributed by atoms with Crippen molar-refractivity contribution in [1.82, 2.24) is 0 Å². The highest BCUT2D eigenvalue weighted by molar-refractivity contribution is 5.46. The minimum atomic E-state index is -0.720. The molecular formula is C8H6FNO3. The van der Waals surface area contributed by atoms with Crippen molar-refractivity contribution in [3.63, 3.8) is 0 Å². The Bertz CT molecular complexity index is 351. The van der Waals surface area contributed by atoms with Crippen LogP contribution in [0, 0.1) is 15.9 Å². The van der Waals surface area contributed by atoms with Crippen LogP contribution in [0.25, 0.3) is 0 Å². The van der Waals surface area contributed by atoms with Crippen molar-refractivity contribution in [2.24, 2.45) is 0 Å². The molecule has 0 saturated carbocycles. The van der Waals surface area contributed by atoms with Gasteiger partial charge in [-0.1, -0.05) is 6.58 Å². The summed E-state index contributed by atoms with van der Waals surface area (Å²) in [5.41, 5.74) is -0.417. The van der Waals surface area contributed by atoms with Crippen molar-refractivity contribution >= 4 is 5.69 Å². The fourth-order valence-corrected chi connectivity index (χ4v) is 0.823. The number of benzene rings is 1. The van der Waals surface area contributed by atoms with Gasteiger partial charge in [0.1, 0.15) is 5.82 Å². The first-order valence-electron chi connectivity index (χ1n) is 3.36. The van der Waals surface area contributed by atoms with Gasteiger partial charge in [-0.25, -0.2) is 4.39 Å². The summed E-state index contributed by atoms with van der Waals surface area (Å²) in [6.07, 6.45) is 1.04. The first-order valence-corrected chi connectivity index (χ1v) is 3.36. The van der Waals surface area contributed by atoms with Gasteiger partial charge in [-0.2, -0.15) is 0 Å². The SMILES string of the molecule is C=COc1ccc(F)cc1[N+](=O)[O-]. The highest BCUT2D eigenvalue weighted by Crippen LogP contribution is 2.27. The Labute approximate surface area is 73.4 Å². The summed E-state index contributed by atoms with van der Waals surface area (Å²) < 4.78 is 17.3. The molecule has 0 heterocycles. The lowest BCUT2D eigenvalue weighted by atomic mass is 10.3. The van der Waals surface area contributed by atoms with Gasteiger partial charge in [0, 0.05) is 0 Å². The number of nitro benzene ring substituents is 1. The molecule has 0 saturated heterocycles. The highest BCUT2D eigenvalue weighted by atomic mass is 19.1. The second-order valence-electron chi connectivity index (χ2n) is 2.15. The molecule has 0 fully saturated rings. The molecule has 0 atom stereocenters. The lowest BCUT2D eigenvalue weighted by Crippen LogP contribution is -1.93. The average molecular weight is 183 g/mol. The minimum absolute atomic E-state index is 0.0265. The molecule has 68 valence electrons. The molecule has 0 bridgehead atoms. The van der Waals surface area contributed by atoms with E-state index in [2.05, 4.69) is 6.58 Å². The molecule has 0 aliphatic heterocycles. The molecule has 1 aromatic carbocycles. The van der Waals surface area contributed by atoms with E-state index < -0.39 is 16.4 Å². The fourth-order valence-electron chi connectivity index (χ4n) is 0.823. The number of hydrogen-bond acceptors (Lipinski definition) is 3. The van der Waals surface area contributed by atoms with Crippen LogP contribution in [-0.4, -0.2) is 4.92 Å². The van der Waals surface area contributed by atoms with E-state index in [0.717, 1.165) is 18.4 Å². The van der Waals surface area contributed by atoms with E-state index in [-0.39, 0.29) is 5.75 Å².